The molecule has 30 heavy (non-hydrogen) atoms. The molecule has 1 aromatic heterocycles. The second kappa shape index (κ2) is 7.96. The Kier molecular flexibility index (Phi) is 5.20. The number of hydrogen-bond donors (Lipinski definition) is 2. The van der Waals surface area contributed by atoms with Gasteiger partial charge in [0, 0.05) is 23.9 Å². The number of aryl methyl sites for hydroxylation is 1. The zero-order valence-electron chi connectivity index (χ0n) is 16.8. The lowest BCUT2D eigenvalue weighted by atomic mass is 10.0. The Bertz CT molecular complexity index is 1200. The van der Waals surface area contributed by atoms with Crippen molar-refractivity contribution in [2.75, 3.05) is 20.3 Å². The van der Waals surface area contributed by atoms with E-state index in [1.54, 1.807) is 60.5 Å². The number of aromatic hydroxyl groups is 1. The minimum Gasteiger partial charge on any atom is -0.508 e. The minimum absolute atomic E-state index is 0.112. The third kappa shape index (κ3) is 4.01. The molecule has 0 bridgehead atoms. The number of benzene rings is 2. The standard InChI is InChI=1S/C23H22N4O3/c1-15-11-17(7-8-21(15)28)20-13-19(24-23(30)25-20)16-5-3-6-18(12-16)22(29)27-10-4-9-26(2)14-27/h3-8,10-13,28H,9,14H2,1-2H3,(H,24,25,30). The number of carbonyl (C=O) groups excluding carboxylic acids is 1. The van der Waals surface area contributed by atoms with E-state index >= 15 is 0 Å². The molecule has 0 fully saturated rings. The average Bonchev–Trinajstić information content (AvgIpc) is 2.75. The molecular weight excluding hydrogens is 380 g/mol. The fourth-order valence-corrected chi connectivity index (χ4v) is 3.41. The maximum absolute atomic E-state index is 12.9. The lowest BCUT2D eigenvalue weighted by molar-refractivity contribution is 0.0740. The van der Waals surface area contributed by atoms with Gasteiger partial charge in [-0.1, -0.05) is 18.2 Å². The van der Waals surface area contributed by atoms with E-state index < -0.39 is 5.69 Å². The molecule has 0 radical (unpaired) electrons. The van der Waals surface area contributed by atoms with Gasteiger partial charge in [-0.15, -0.1) is 0 Å². The Morgan fingerprint density at radius 1 is 1.13 bits per heavy atom. The quantitative estimate of drug-likeness (QED) is 0.703. The molecule has 0 saturated heterocycles. The number of H-pyrrole nitrogens is 1. The number of carbonyl (C=O) groups is 1. The van der Waals surface area contributed by atoms with Crippen molar-refractivity contribution in [2.24, 2.45) is 0 Å². The van der Waals surface area contributed by atoms with Crippen LogP contribution in [0.4, 0.5) is 0 Å². The van der Waals surface area contributed by atoms with Gasteiger partial charge < -0.3 is 15.0 Å². The third-order valence-electron chi connectivity index (χ3n) is 5.01. The van der Waals surface area contributed by atoms with Crippen LogP contribution in [0.2, 0.25) is 0 Å². The zero-order valence-corrected chi connectivity index (χ0v) is 16.8. The number of rotatable bonds is 3. The highest BCUT2D eigenvalue weighted by atomic mass is 16.3. The van der Waals surface area contributed by atoms with Gasteiger partial charge in [0.25, 0.3) is 5.91 Å². The van der Waals surface area contributed by atoms with Crippen LogP contribution in [0, 0.1) is 6.92 Å². The zero-order chi connectivity index (χ0) is 21.3. The summed E-state index contributed by atoms with van der Waals surface area (Å²) in [5.41, 5.74) is 3.25. The lowest BCUT2D eigenvalue weighted by Gasteiger charge is -2.28. The molecule has 1 aliphatic heterocycles. The fraction of sp³-hybridized carbons (Fsp3) is 0.174. The number of aromatic nitrogens is 2. The van der Waals surface area contributed by atoms with Gasteiger partial charge in [0.1, 0.15) is 5.75 Å². The Labute approximate surface area is 173 Å². The molecule has 2 aromatic carbocycles. The summed E-state index contributed by atoms with van der Waals surface area (Å²) in [6.45, 7) is 3.12. The van der Waals surface area contributed by atoms with Crippen molar-refractivity contribution in [3.63, 3.8) is 0 Å². The van der Waals surface area contributed by atoms with Crippen LogP contribution in [0.25, 0.3) is 22.5 Å². The van der Waals surface area contributed by atoms with Crippen LogP contribution >= 0.6 is 0 Å². The highest BCUT2D eigenvalue weighted by molar-refractivity contribution is 5.96. The van der Waals surface area contributed by atoms with Gasteiger partial charge in [-0.05, 0) is 61.5 Å². The predicted molar refractivity (Wildman–Crippen MR) is 115 cm³/mol. The second-order valence-corrected chi connectivity index (χ2v) is 7.41. The van der Waals surface area contributed by atoms with Crippen molar-refractivity contribution in [2.45, 2.75) is 6.92 Å². The SMILES string of the molecule is Cc1cc(-c2cc(-c3cccc(C(=O)N4C=CCN(C)C4)c3)nc(=O)[nH]2)ccc1O. The summed E-state index contributed by atoms with van der Waals surface area (Å²) in [5.74, 6) is 0.0814. The van der Waals surface area contributed by atoms with Crippen molar-refractivity contribution in [3.8, 4) is 28.3 Å². The van der Waals surface area contributed by atoms with E-state index in [4.69, 9.17) is 0 Å². The maximum atomic E-state index is 12.9. The number of phenols is 1. The van der Waals surface area contributed by atoms with Crippen molar-refractivity contribution < 1.29 is 9.90 Å². The van der Waals surface area contributed by atoms with E-state index in [9.17, 15) is 14.7 Å². The molecule has 152 valence electrons. The number of aromatic amines is 1. The molecule has 0 aliphatic carbocycles. The molecule has 2 heterocycles. The van der Waals surface area contributed by atoms with Crippen molar-refractivity contribution >= 4 is 5.91 Å². The molecule has 1 aliphatic rings. The third-order valence-corrected chi connectivity index (χ3v) is 5.01. The first kappa shape index (κ1) is 19.6. The fourth-order valence-electron chi connectivity index (χ4n) is 3.41. The Balaban J connectivity index is 1.70. The van der Waals surface area contributed by atoms with Gasteiger partial charge in [-0.2, -0.15) is 4.98 Å². The molecule has 0 atom stereocenters. The largest absolute Gasteiger partial charge is 0.508 e. The Morgan fingerprint density at radius 2 is 1.97 bits per heavy atom. The Hall–Kier alpha value is -3.71. The van der Waals surface area contributed by atoms with Crippen molar-refractivity contribution in [1.82, 2.24) is 19.8 Å². The summed E-state index contributed by atoms with van der Waals surface area (Å²) < 4.78 is 0. The Morgan fingerprint density at radius 3 is 2.73 bits per heavy atom. The molecule has 0 spiro atoms. The van der Waals surface area contributed by atoms with Crippen LogP contribution in [0.3, 0.4) is 0 Å². The van der Waals surface area contributed by atoms with Crippen molar-refractivity contribution in [3.05, 3.63) is 82.4 Å². The number of hydrogen-bond acceptors (Lipinski definition) is 5. The van der Waals surface area contributed by atoms with Crippen LogP contribution in [0.1, 0.15) is 15.9 Å². The van der Waals surface area contributed by atoms with E-state index in [0.29, 0.717) is 34.7 Å². The number of nitrogens with zero attached hydrogens (tertiary/aromatic N) is 3. The minimum atomic E-state index is -0.481. The van der Waals surface area contributed by atoms with E-state index in [-0.39, 0.29) is 11.7 Å². The topological polar surface area (TPSA) is 89.5 Å². The molecule has 0 unspecified atom stereocenters. The van der Waals surface area contributed by atoms with E-state index in [2.05, 4.69) is 9.97 Å². The molecule has 7 nitrogen and oxygen atoms in total. The van der Waals surface area contributed by atoms with E-state index in [1.165, 1.54) is 0 Å². The first-order chi connectivity index (χ1) is 14.4. The molecule has 7 heteroatoms. The van der Waals surface area contributed by atoms with Gasteiger partial charge in [0.15, 0.2) is 0 Å². The van der Waals surface area contributed by atoms with Crippen LogP contribution in [0.5, 0.6) is 5.75 Å². The molecular formula is C23H22N4O3. The monoisotopic (exact) mass is 402 g/mol. The highest BCUT2D eigenvalue weighted by Crippen LogP contribution is 2.26. The maximum Gasteiger partial charge on any atom is 0.345 e. The smallest absolute Gasteiger partial charge is 0.345 e. The van der Waals surface area contributed by atoms with Crippen LogP contribution < -0.4 is 5.69 Å². The van der Waals surface area contributed by atoms with E-state index in [0.717, 1.165) is 12.1 Å². The number of nitrogens with one attached hydrogen (secondary N) is 1. The van der Waals surface area contributed by atoms with E-state index in [1.807, 2.05) is 24.1 Å². The predicted octanol–water partition coefficient (Wildman–Crippen LogP) is 2.98. The van der Waals surface area contributed by atoms with Crippen LogP contribution in [0.15, 0.2) is 65.6 Å². The number of phenolic OH excluding ortho intramolecular Hbond substituents is 1. The van der Waals surface area contributed by atoms with Crippen molar-refractivity contribution in [1.29, 1.82) is 0 Å². The first-order valence-corrected chi connectivity index (χ1v) is 9.59. The van der Waals surface area contributed by atoms with Crippen LogP contribution in [-0.2, 0) is 0 Å². The summed E-state index contributed by atoms with van der Waals surface area (Å²) in [6.07, 6.45) is 3.74. The summed E-state index contributed by atoms with van der Waals surface area (Å²) in [5, 5.41) is 9.76. The van der Waals surface area contributed by atoms with Gasteiger partial charge in [0.05, 0.1) is 18.1 Å². The van der Waals surface area contributed by atoms with Crippen LogP contribution in [-0.4, -0.2) is 51.0 Å². The average molecular weight is 402 g/mol. The molecule has 2 N–H and O–H groups in total. The summed E-state index contributed by atoms with van der Waals surface area (Å²) in [6, 6.07) is 14.0. The molecule has 4 rings (SSSR count). The molecule has 3 aromatic rings. The summed E-state index contributed by atoms with van der Waals surface area (Å²) in [4.78, 5) is 35.6. The number of amides is 1. The van der Waals surface area contributed by atoms with Gasteiger partial charge in [-0.3, -0.25) is 9.69 Å². The summed E-state index contributed by atoms with van der Waals surface area (Å²) in [7, 11) is 1.95. The highest BCUT2D eigenvalue weighted by Gasteiger charge is 2.18. The lowest BCUT2D eigenvalue weighted by Crippen LogP contribution is -2.39. The summed E-state index contributed by atoms with van der Waals surface area (Å²) >= 11 is 0. The number of likely N-dealkylation sites (N-methyl/N-ethyl adjacent to an activating group) is 1. The molecule has 0 saturated carbocycles. The second-order valence-electron chi connectivity index (χ2n) is 7.41. The van der Waals surface area contributed by atoms with Gasteiger partial charge in [-0.25, -0.2) is 4.79 Å². The normalized spacial score (nSPS) is 14.1. The first-order valence-electron chi connectivity index (χ1n) is 9.59. The van der Waals surface area contributed by atoms with Gasteiger partial charge in [0.2, 0.25) is 0 Å². The molecule has 1 amide bonds. The van der Waals surface area contributed by atoms with Gasteiger partial charge >= 0.3 is 5.69 Å².